The Labute approximate surface area is 174 Å². The van der Waals surface area contributed by atoms with Crippen LogP contribution >= 0.6 is 0 Å². The number of rotatable bonds is 8. The minimum absolute atomic E-state index is 0.205. The Hall–Kier alpha value is -3.04. The molecule has 9 nitrogen and oxygen atoms in total. The molecule has 4 aromatic rings. The van der Waals surface area contributed by atoms with E-state index in [1.807, 2.05) is 29.3 Å². The Morgan fingerprint density at radius 1 is 0.967 bits per heavy atom. The van der Waals surface area contributed by atoms with Gasteiger partial charge in [0.25, 0.3) is 0 Å². The molecule has 0 aliphatic rings. The van der Waals surface area contributed by atoms with Crippen LogP contribution in [0.15, 0.2) is 43.2 Å². The molecule has 0 bridgehead atoms. The van der Waals surface area contributed by atoms with Crippen molar-refractivity contribution < 1.29 is 10.2 Å². The van der Waals surface area contributed by atoms with Gasteiger partial charge in [-0.15, -0.1) is 0 Å². The molecule has 0 aliphatic carbocycles. The summed E-state index contributed by atoms with van der Waals surface area (Å²) in [5, 5.41) is 32.7. The first-order chi connectivity index (χ1) is 14.5. The van der Waals surface area contributed by atoms with Crippen molar-refractivity contribution in [1.82, 2.24) is 34.2 Å². The highest BCUT2D eigenvalue weighted by Gasteiger charge is 2.17. The molecular formula is C21H27N7O2. The minimum atomic E-state index is -0.884. The van der Waals surface area contributed by atoms with Gasteiger partial charge in [-0.3, -0.25) is 9.36 Å². The van der Waals surface area contributed by atoms with E-state index >= 15 is 0 Å². The number of aliphatic hydroxyl groups is 2. The number of nitrogens with zero attached hydrogens (tertiary/aromatic N) is 7. The Morgan fingerprint density at radius 2 is 1.73 bits per heavy atom. The largest absolute Gasteiger partial charge is 0.391 e. The van der Waals surface area contributed by atoms with E-state index in [4.69, 9.17) is 4.98 Å². The monoisotopic (exact) mass is 409 g/mol. The van der Waals surface area contributed by atoms with Gasteiger partial charge >= 0.3 is 0 Å². The number of aliphatic hydroxyl groups excluding tert-OH is 2. The lowest BCUT2D eigenvalue weighted by Gasteiger charge is -2.12. The van der Waals surface area contributed by atoms with Crippen LogP contribution in [0.3, 0.4) is 0 Å². The lowest BCUT2D eigenvalue weighted by Crippen LogP contribution is -2.27. The Kier molecular flexibility index (Phi) is 5.65. The summed E-state index contributed by atoms with van der Waals surface area (Å²) in [5.41, 5.74) is 4.16. The molecule has 1 unspecified atom stereocenters. The fourth-order valence-corrected chi connectivity index (χ4v) is 3.54. The van der Waals surface area contributed by atoms with Crippen LogP contribution in [0, 0.1) is 0 Å². The van der Waals surface area contributed by atoms with E-state index in [0.717, 1.165) is 35.2 Å². The van der Waals surface area contributed by atoms with Crippen molar-refractivity contribution in [2.24, 2.45) is 0 Å². The maximum absolute atomic E-state index is 9.90. The van der Waals surface area contributed by atoms with Crippen molar-refractivity contribution in [3.63, 3.8) is 0 Å². The van der Waals surface area contributed by atoms with Crippen LogP contribution in [-0.4, -0.2) is 56.6 Å². The van der Waals surface area contributed by atoms with Crippen LogP contribution < -0.4 is 0 Å². The molecule has 0 aromatic carbocycles. The van der Waals surface area contributed by atoms with E-state index in [2.05, 4.69) is 29.1 Å². The molecule has 2 N–H and O–H groups in total. The fraction of sp³-hybridized carbons (Fsp3) is 0.429. The van der Waals surface area contributed by atoms with Gasteiger partial charge in [0.1, 0.15) is 0 Å². The molecule has 4 aromatic heterocycles. The SMILES string of the molecule is CCC(CC)n1cc(-c2nc(-c3cnn(CC(O)[C@@H](C)O)c3)cn3nccc23)cn1. The summed E-state index contributed by atoms with van der Waals surface area (Å²) in [5.74, 6) is 0. The van der Waals surface area contributed by atoms with E-state index in [0.29, 0.717) is 11.7 Å². The first kappa shape index (κ1) is 20.2. The highest BCUT2D eigenvalue weighted by atomic mass is 16.3. The summed E-state index contributed by atoms with van der Waals surface area (Å²) in [6, 6.07) is 2.30. The number of aromatic nitrogens is 7. The van der Waals surface area contributed by atoms with Gasteiger partial charge in [0.2, 0.25) is 0 Å². The first-order valence-corrected chi connectivity index (χ1v) is 10.3. The zero-order chi connectivity index (χ0) is 21.3. The lowest BCUT2D eigenvalue weighted by molar-refractivity contribution is 0.0186. The summed E-state index contributed by atoms with van der Waals surface area (Å²) in [7, 11) is 0. The van der Waals surface area contributed by atoms with Crippen LogP contribution in [0.2, 0.25) is 0 Å². The highest BCUT2D eigenvalue weighted by Crippen LogP contribution is 2.27. The molecule has 0 radical (unpaired) electrons. The number of hydrogen-bond donors (Lipinski definition) is 2. The Bertz CT molecular complexity index is 1120. The van der Waals surface area contributed by atoms with Crippen molar-refractivity contribution in [2.75, 3.05) is 0 Å². The first-order valence-electron chi connectivity index (χ1n) is 10.3. The zero-order valence-corrected chi connectivity index (χ0v) is 17.4. The molecule has 0 spiro atoms. The maximum Gasteiger partial charge on any atom is 0.0999 e. The van der Waals surface area contributed by atoms with Gasteiger partial charge in [-0.2, -0.15) is 15.3 Å². The third kappa shape index (κ3) is 3.86. The standard InChI is InChI=1S/C21H27N7O2/c1-4-17(5-2)27-11-16(9-24-27)21-19-6-7-22-28(19)12-18(25-21)15-8-23-26(10-15)13-20(30)14(3)29/h6-12,14,17,20,29-30H,4-5,13H2,1-3H3/t14-,20?/m1/s1. The Morgan fingerprint density at radius 3 is 2.47 bits per heavy atom. The predicted molar refractivity (Wildman–Crippen MR) is 113 cm³/mol. The number of fused-ring (bicyclic) bond motifs is 1. The van der Waals surface area contributed by atoms with Crippen molar-refractivity contribution in [2.45, 2.75) is 58.4 Å². The Balaban J connectivity index is 1.71. The highest BCUT2D eigenvalue weighted by molar-refractivity contribution is 5.78. The summed E-state index contributed by atoms with van der Waals surface area (Å²) < 4.78 is 5.41. The van der Waals surface area contributed by atoms with Crippen molar-refractivity contribution in [3.05, 3.63) is 43.2 Å². The second-order valence-corrected chi connectivity index (χ2v) is 7.57. The van der Waals surface area contributed by atoms with E-state index in [9.17, 15) is 10.2 Å². The maximum atomic E-state index is 9.90. The van der Waals surface area contributed by atoms with Crippen molar-refractivity contribution >= 4 is 5.52 Å². The quantitative estimate of drug-likeness (QED) is 0.463. The predicted octanol–water partition coefficient (Wildman–Crippen LogP) is 2.56. The van der Waals surface area contributed by atoms with E-state index < -0.39 is 12.2 Å². The normalized spacial score (nSPS) is 13.9. The molecule has 158 valence electrons. The molecular weight excluding hydrogens is 382 g/mol. The van der Waals surface area contributed by atoms with E-state index in [1.165, 1.54) is 0 Å². The molecule has 0 fully saturated rings. The van der Waals surface area contributed by atoms with E-state index in [1.54, 1.807) is 34.7 Å². The summed E-state index contributed by atoms with van der Waals surface area (Å²) in [6.07, 6.45) is 11.3. The van der Waals surface area contributed by atoms with Crippen LogP contribution in [-0.2, 0) is 6.54 Å². The summed E-state index contributed by atoms with van der Waals surface area (Å²) in [6.45, 7) is 6.08. The molecule has 4 rings (SSSR count). The average Bonchev–Trinajstić information content (AvgIpc) is 3.48. The fourth-order valence-electron chi connectivity index (χ4n) is 3.54. The molecule has 0 aliphatic heterocycles. The summed E-state index contributed by atoms with van der Waals surface area (Å²) >= 11 is 0. The van der Waals surface area contributed by atoms with Crippen LogP contribution in [0.1, 0.15) is 39.7 Å². The van der Waals surface area contributed by atoms with Crippen LogP contribution in [0.5, 0.6) is 0 Å². The third-order valence-electron chi connectivity index (χ3n) is 5.44. The average molecular weight is 409 g/mol. The second-order valence-electron chi connectivity index (χ2n) is 7.57. The van der Waals surface area contributed by atoms with Crippen LogP contribution in [0.25, 0.3) is 28.0 Å². The van der Waals surface area contributed by atoms with Crippen molar-refractivity contribution in [1.29, 1.82) is 0 Å². The van der Waals surface area contributed by atoms with Gasteiger partial charge in [-0.1, -0.05) is 13.8 Å². The molecule has 0 amide bonds. The van der Waals surface area contributed by atoms with Gasteiger partial charge in [-0.25, -0.2) is 9.50 Å². The third-order valence-corrected chi connectivity index (χ3v) is 5.44. The van der Waals surface area contributed by atoms with Gasteiger partial charge in [0.05, 0.1) is 66.5 Å². The molecule has 0 saturated heterocycles. The molecule has 2 atom stereocenters. The van der Waals surface area contributed by atoms with Gasteiger partial charge < -0.3 is 10.2 Å². The van der Waals surface area contributed by atoms with Crippen molar-refractivity contribution in [3.8, 4) is 22.5 Å². The van der Waals surface area contributed by atoms with E-state index in [-0.39, 0.29) is 6.54 Å². The molecule has 4 heterocycles. The van der Waals surface area contributed by atoms with Gasteiger partial charge in [0, 0.05) is 23.5 Å². The number of hydrogen-bond acceptors (Lipinski definition) is 6. The lowest BCUT2D eigenvalue weighted by atomic mass is 10.1. The van der Waals surface area contributed by atoms with Crippen LogP contribution in [0.4, 0.5) is 0 Å². The minimum Gasteiger partial charge on any atom is -0.391 e. The molecule has 0 saturated carbocycles. The second kappa shape index (κ2) is 8.37. The smallest absolute Gasteiger partial charge is 0.0999 e. The molecule has 9 heteroatoms. The van der Waals surface area contributed by atoms with Gasteiger partial charge in [0.15, 0.2) is 0 Å². The topological polar surface area (TPSA) is 106 Å². The molecule has 30 heavy (non-hydrogen) atoms. The van der Waals surface area contributed by atoms with Gasteiger partial charge in [-0.05, 0) is 25.8 Å². The zero-order valence-electron chi connectivity index (χ0n) is 17.4. The summed E-state index contributed by atoms with van der Waals surface area (Å²) in [4.78, 5) is 4.89.